The molecule has 23 heavy (non-hydrogen) atoms. The molecular formula is C16H21N3O4. The van der Waals surface area contributed by atoms with Crippen molar-refractivity contribution in [1.29, 1.82) is 0 Å². The molecule has 2 rings (SSSR count). The average molecular weight is 319 g/mol. The molecule has 1 aliphatic carbocycles. The highest BCUT2D eigenvalue weighted by molar-refractivity contribution is 5.96. The van der Waals surface area contributed by atoms with E-state index in [9.17, 15) is 14.4 Å². The first-order chi connectivity index (χ1) is 11.1. The van der Waals surface area contributed by atoms with Crippen LogP contribution in [0.25, 0.3) is 0 Å². The summed E-state index contributed by atoms with van der Waals surface area (Å²) in [6.07, 6.45) is 5.68. The molecule has 0 bridgehead atoms. The minimum atomic E-state index is -0.706. The Morgan fingerprint density at radius 2 is 2.04 bits per heavy atom. The molecule has 1 aromatic rings. The first-order valence-corrected chi connectivity index (χ1v) is 7.75. The standard InChI is InChI=1S/C16H21N3O4/c1-11-6-2-3-7-12(11)18-16(22)19-14(20)10-23-15(21)13-8-4-5-9-17-13/h4-5,8-9,11-12H,2-3,6-7,10H2,1H3,(H2,18,19,20,22)/t11-,12+/m0/s1. The number of pyridine rings is 1. The number of urea groups is 1. The molecule has 1 saturated carbocycles. The third-order valence-corrected chi connectivity index (χ3v) is 3.89. The fourth-order valence-corrected chi connectivity index (χ4v) is 2.59. The Labute approximate surface area is 134 Å². The largest absolute Gasteiger partial charge is 0.451 e. The van der Waals surface area contributed by atoms with Crippen molar-refractivity contribution in [2.75, 3.05) is 6.61 Å². The predicted octanol–water partition coefficient (Wildman–Crippen LogP) is 1.64. The topological polar surface area (TPSA) is 97.4 Å². The third-order valence-electron chi connectivity index (χ3n) is 3.89. The molecular weight excluding hydrogens is 298 g/mol. The molecule has 1 heterocycles. The quantitative estimate of drug-likeness (QED) is 0.822. The minimum absolute atomic E-state index is 0.0765. The van der Waals surface area contributed by atoms with E-state index < -0.39 is 24.5 Å². The van der Waals surface area contributed by atoms with Gasteiger partial charge in [0, 0.05) is 12.2 Å². The van der Waals surface area contributed by atoms with Crippen molar-refractivity contribution >= 4 is 17.9 Å². The lowest BCUT2D eigenvalue weighted by Crippen LogP contribution is -2.48. The van der Waals surface area contributed by atoms with Gasteiger partial charge >= 0.3 is 12.0 Å². The van der Waals surface area contributed by atoms with Crippen LogP contribution >= 0.6 is 0 Å². The number of ether oxygens (including phenoxy) is 1. The molecule has 1 aromatic heterocycles. The molecule has 0 radical (unpaired) electrons. The molecule has 0 saturated heterocycles. The molecule has 1 fully saturated rings. The Hall–Kier alpha value is -2.44. The number of nitrogens with zero attached hydrogens (tertiary/aromatic N) is 1. The second-order valence-corrected chi connectivity index (χ2v) is 5.68. The average Bonchev–Trinajstić information content (AvgIpc) is 2.55. The van der Waals surface area contributed by atoms with Crippen LogP contribution < -0.4 is 10.6 Å². The molecule has 2 atom stereocenters. The summed E-state index contributed by atoms with van der Waals surface area (Å²) < 4.78 is 4.81. The normalized spacial score (nSPS) is 20.4. The second-order valence-electron chi connectivity index (χ2n) is 5.68. The van der Waals surface area contributed by atoms with E-state index in [0.717, 1.165) is 19.3 Å². The number of amides is 3. The van der Waals surface area contributed by atoms with Gasteiger partial charge in [-0.15, -0.1) is 0 Å². The molecule has 0 unspecified atom stereocenters. The van der Waals surface area contributed by atoms with E-state index in [1.165, 1.54) is 18.7 Å². The van der Waals surface area contributed by atoms with Crippen LogP contribution in [0.2, 0.25) is 0 Å². The summed E-state index contributed by atoms with van der Waals surface area (Å²) in [5.41, 5.74) is 0.112. The summed E-state index contributed by atoms with van der Waals surface area (Å²) in [5.74, 6) is -0.983. The Bertz CT molecular complexity index is 562. The van der Waals surface area contributed by atoms with Crippen molar-refractivity contribution in [2.45, 2.75) is 38.6 Å². The number of esters is 1. The second kappa shape index (κ2) is 8.26. The summed E-state index contributed by atoms with van der Waals surface area (Å²) >= 11 is 0. The van der Waals surface area contributed by atoms with Crippen molar-refractivity contribution in [1.82, 2.24) is 15.6 Å². The molecule has 0 aromatic carbocycles. The summed E-state index contributed by atoms with van der Waals surface area (Å²) in [7, 11) is 0. The Morgan fingerprint density at radius 3 is 2.74 bits per heavy atom. The molecule has 0 aliphatic heterocycles. The van der Waals surface area contributed by atoms with Gasteiger partial charge in [0.1, 0.15) is 5.69 Å². The fraction of sp³-hybridized carbons (Fsp3) is 0.500. The van der Waals surface area contributed by atoms with Crippen molar-refractivity contribution in [3.63, 3.8) is 0 Å². The first kappa shape index (κ1) is 16.9. The molecule has 2 N–H and O–H groups in total. The summed E-state index contributed by atoms with van der Waals surface area (Å²) in [6, 6.07) is 4.31. The van der Waals surface area contributed by atoms with Gasteiger partial charge in [-0.05, 0) is 30.9 Å². The van der Waals surface area contributed by atoms with Gasteiger partial charge in [0.05, 0.1) is 0 Å². The molecule has 7 heteroatoms. The van der Waals surface area contributed by atoms with Gasteiger partial charge in [-0.2, -0.15) is 0 Å². The van der Waals surface area contributed by atoms with Crippen LogP contribution in [-0.4, -0.2) is 35.5 Å². The van der Waals surface area contributed by atoms with Crippen molar-refractivity contribution in [3.05, 3.63) is 30.1 Å². The summed E-state index contributed by atoms with van der Waals surface area (Å²) in [4.78, 5) is 38.9. The maximum absolute atomic E-state index is 11.8. The minimum Gasteiger partial charge on any atom is -0.451 e. The molecule has 1 aliphatic rings. The van der Waals surface area contributed by atoms with Crippen molar-refractivity contribution in [2.24, 2.45) is 5.92 Å². The number of imide groups is 1. The van der Waals surface area contributed by atoms with Crippen LogP contribution in [0.3, 0.4) is 0 Å². The van der Waals surface area contributed by atoms with Gasteiger partial charge in [-0.1, -0.05) is 25.8 Å². The van der Waals surface area contributed by atoms with Crippen LogP contribution in [-0.2, 0) is 9.53 Å². The zero-order chi connectivity index (χ0) is 16.7. The molecule has 0 spiro atoms. The van der Waals surface area contributed by atoms with E-state index in [1.807, 2.05) is 0 Å². The van der Waals surface area contributed by atoms with E-state index in [2.05, 4.69) is 22.5 Å². The van der Waals surface area contributed by atoms with Crippen LogP contribution in [0.5, 0.6) is 0 Å². The highest BCUT2D eigenvalue weighted by Crippen LogP contribution is 2.23. The molecule has 3 amide bonds. The Kier molecular flexibility index (Phi) is 6.08. The lowest BCUT2D eigenvalue weighted by Gasteiger charge is -2.29. The van der Waals surface area contributed by atoms with Crippen LogP contribution in [0, 0.1) is 5.92 Å². The SMILES string of the molecule is C[C@H]1CCCC[C@H]1NC(=O)NC(=O)COC(=O)c1ccccn1. The first-order valence-electron chi connectivity index (χ1n) is 7.75. The monoisotopic (exact) mass is 319 g/mol. The zero-order valence-corrected chi connectivity index (χ0v) is 13.1. The summed E-state index contributed by atoms with van der Waals surface area (Å²) in [6.45, 7) is 1.56. The van der Waals surface area contributed by atoms with Crippen molar-refractivity contribution in [3.8, 4) is 0 Å². The maximum atomic E-state index is 11.8. The van der Waals surface area contributed by atoms with Gasteiger partial charge in [0.15, 0.2) is 6.61 Å². The number of hydrogen-bond acceptors (Lipinski definition) is 5. The van der Waals surface area contributed by atoms with Gasteiger partial charge in [0.2, 0.25) is 0 Å². The fourth-order valence-electron chi connectivity index (χ4n) is 2.59. The van der Waals surface area contributed by atoms with Gasteiger partial charge in [-0.3, -0.25) is 10.1 Å². The van der Waals surface area contributed by atoms with Crippen LogP contribution in [0.15, 0.2) is 24.4 Å². The third kappa shape index (κ3) is 5.36. The van der Waals surface area contributed by atoms with E-state index in [-0.39, 0.29) is 11.7 Å². The number of aromatic nitrogens is 1. The highest BCUT2D eigenvalue weighted by Gasteiger charge is 2.23. The molecule has 7 nitrogen and oxygen atoms in total. The lowest BCUT2D eigenvalue weighted by atomic mass is 9.86. The number of nitrogens with one attached hydrogen (secondary N) is 2. The van der Waals surface area contributed by atoms with Gasteiger partial charge in [0.25, 0.3) is 5.91 Å². The zero-order valence-electron chi connectivity index (χ0n) is 13.1. The van der Waals surface area contributed by atoms with E-state index in [4.69, 9.17) is 4.74 Å². The highest BCUT2D eigenvalue weighted by atomic mass is 16.5. The van der Waals surface area contributed by atoms with Crippen molar-refractivity contribution < 1.29 is 19.1 Å². The van der Waals surface area contributed by atoms with E-state index in [1.54, 1.807) is 12.1 Å². The number of hydrogen-bond donors (Lipinski definition) is 2. The Balaban J connectivity index is 1.71. The summed E-state index contributed by atoms with van der Waals surface area (Å²) in [5, 5.41) is 4.96. The predicted molar refractivity (Wildman–Crippen MR) is 82.6 cm³/mol. The number of carbonyl (C=O) groups excluding carboxylic acids is 3. The van der Waals surface area contributed by atoms with E-state index >= 15 is 0 Å². The van der Waals surface area contributed by atoms with Gasteiger partial charge in [-0.25, -0.2) is 14.6 Å². The van der Waals surface area contributed by atoms with Gasteiger partial charge < -0.3 is 10.1 Å². The number of carbonyl (C=O) groups is 3. The maximum Gasteiger partial charge on any atom is 0.357 e. The Morgan fingerprint density at radius 1 is 1.26 bits per heavy atom. The van der Waals surface area contributed by atoms with Crippen LogP contribution in [0.4, 0.5) is 4.79 Å². The lowest BCUT2D eigenvalue weighted by molar-refractivity contribution is -0.123. The van der Waals surface area contributed by atoms with E-state index in [0.29, 0.717) is 5.92 Å². The van der Waals surface area contributed by atoms with Crippen LogP contribution in [0.1, 0.15) is 43.1 Å². The molecule has 124 valence electrons. The number of rotatable bonds is 4. The smallest absolute Gasteiger partial charge is 0.357 e.